The van der Waals surface area contributed by atoms with Crippen molar-refractivity contribution in [1.82, 2.24) is 5.32 Å². The Morgan fingerprint density at radius 2 is 1.77 bits per heavy atom. The molecule has 2 aliphatic heterocycles. The number of hydrogen-bond acceptors (Lipinski definition) is 5. The van der Waals surface area contributed by atoms with Crippen LogP contribution in [-0.4, -0.2) is 26.5 Å². The van der Waals surface area contributed by atoms with Crippen molar-refractivity contribution in [1.29, 1.82) is 0 Å². The van der Waals surface area contributed by atoms with Crippen LogP contribution in [0.3, 0.4) is 0 Å². The number of nitrogens with one attached hydrogen (secondary N) is 2. The molecule has 0 unspecified atom stereocenters. The lowest BCUT2D eigenvalue weighted by Gasteiger charge is -2.24. The van der Waals surface area contributed by atoms with E-state index in [0.29, 0.717) is 6.79 Å². The van der Waals surface area contributed by atoms with Gasteiger partial charge < -0.3 is 24.8 Å². The van der Waals surface area contributed by atoms with Crippen molar-refractivity contribution < 1.29 is 14.2 Å². The summed E-state index contributed by atoms with van der Waals surface area (Å²) in [5.41, 5.74) is 3.21. The highest BCUT2D eigenvalue weighted by molar-refractivity contribution is 5.64. The number of rotatable bonds is 3. The topological polar surface area (TPSA) is 51.8 Å². The summed E-state index contributed by atoms with van der Waals surface area (Å²) in [5, 5.41) is 6.72. The minimum absolute atomic E-state index is 0.147. The van der Waals surface area contributed by atoms with Gasteiger partial charge in [0.25, 0.3) is 0 Å². The molecular weight excluding hydrogens is 280 g/mol. The maximum atomic E-state index is 5.76. The van der Waals surface area contributed by atoms with Gasteiger partial charge in [-0.2, -0.15) is 0 Å². The normalized spacial score (nSPS) is 19.9. The zero-order chi connectivity index (χ0) is 14.8. The van der Waals surface area contributed by atoms with Crippen LogP contribution in [0.4, 0.5) is 11.4 Å². The zero-order valence-electron chi connectivity index (χ0n) is 12.2. The minimum atomic E-state index is 0.147. The van der Waals surface area contributed by atoms with Crippen molar-refractivity contribution in [3.05, 3.63) is 48.0 Å². The Bertz CT molecular complexity index is 651. The van der Waals surface area contributed by atoms with Gasteiger partial charge in [-0.05, 0) is 29.8 Å². The fourth-order valence-corrected chi connectivity index (χ4v) is 2.70. The molecule has 2 aromatic carbocycles. The Morgan fingerprint density at radius 3 is 2.59 bits per heavy atom. The molecule has 4 rings (SSSR count). The average Bonchev–Trinajstić information content (AvgIpc) is 3.04. The lowest BCUT2D eigenvalue weighted by atomic mass is 10.1. The second kappa shape index (κ2) is 5.87. The van der Waals surface area contributed by atoms with E-state index in [4.69, 9.17) is 14.2 Å². The number of ether oxygens (including phenoxy) is 3. The molecule has 0 radical (unpaired) electrons. The van der Waals surface area contributed by atoms with Crippen LogP contribution in [0.1, 0.15) is 11.7 Å². The first-order valence-electron chi connectivity index (χ1n) is 7.47. The molecule has 114 valence electrons. The van der Waals surface area contributed by atoms with Crippen molar-refractivity contribution in [3.63, 3.8) is 0 Å². The van der Waals surface area contributed by atoms with Crippen molar-refractivity contribution in [2.24, 2.45) is 0 Å². The number of anilines is 2. The monoisotopic (exact) mass is 298 g/mol. The van der Waals surface area contributed by atoms with E-state index >= 15 is 0 Å². The Labute approximate surface area is 129 Å². The maximum Gasteiger partial charge on any atom is 0.231 e. The molecular formula is C17H18N2O3. The first-order chi connectivity index (χ1) is 10.9. The predicted molar refractivity (Wildman–Crippen MR) is 83.9 cm³/mol. The zero-order valence-corrected chi connectivity index (χ0v) is 12.2. The first-order valence-corrected chi connectivity index (χ1v) is 7.47. The van der Waals surface area contributed by atoms with Gasteiger partial charge in [-0.15, -0.1) is 0 Å². The highest BCUT2D eigenvalue weighted by atomic mass is 16.7. The molecule has 1 fully saturated rings. The van der Waals surface area contributed by atoms with Crippen LogP contribution in [0, 0.1) is 0 Å². The molecule has 2 aromatic rings. The highest BCUT2D eigenvalue weighted by Gasteiger charge is 2.16. The van der Waals surface area contributed by atoms with Gasteiger partial charge >= 0.3 is 0 Å². The van der Waals surface area contributed by atoms with Gasteiger partial charge in [0.05, 0.1) is 12.7 Å². The summed E-state index contributed by atoms with van der Waals surface area (Å²) in [4.78, 5) is 0. The van der Waals surface area contributed by atoms with Crippen LogP contribution in [-0.2, 0) is 4.74 Å². The van der Waals surface area contributed by atoms with E-state index in [0.717, 1.165) is 42.6 Å². The molecule has 1 atom stereocenters. The van der Waals surface area contributed by atoms with Crippen molar-refractivity contribution in [2.45, 2.75) is 6.10 Å². The van der Waals surface area contributed by atoms with E-state index in [1.165, 1.54) is 5.56 Å². The van der Waals surface area contributed by atoms with E-state index < -0.39 is 0 Å². The standard InChI is InChI=1S/C17H18N2O3/c1-3-13(4-2-12(1)17-10-18-7-8-20-17)19-14-5-6-15-16(9-14)22-11-21-15/h1-6,9,17-19H,7-8,10-11H2/t17-/m1/s1. The summed E-state index contributed by atoms with van der Waals surface area (Å²) in [5.74, 6) is 1.58. The number of morpholine rings is 1. The third-order valence-electron chi connectivity index (χ3n) is 3.87. The Kier molecular flexibility index (Phi) is 3.58. The van der Waals surface area contributed by atoms with Crippen molar-refractivity contribution in [2.75, 3.05) is 31.8 Å². The molecule has 1 saturated heterocycles. The minimum Gasteiger partial charge on any atom is -0.454 e. The first kappa shape index (κ1) is 13.4. The number of hydrogen-bond donors (Lipinski definition) is 2. The van der Waals surface area contributed by atoms with Crippen molar-refractivity contribution in [3.8, 4) is 11.5 Å². The SMILES string of the molecule is c1cc([C@H]2CNCCO2)ccc1Nc1ccc2c(c1)OCO2. The van der Waals surface area contributed by atoms with Gasteiger partial charge in [-0.25, -0.2) is 0 Å². The van der Waals surface area contributed by atoms with Crippen LogP contribution in [0.25, 0.3) is 0 Å². The third-order valence-corrected chi connectivity index (χ3v) is 3.87. The summed E-state index contributed by atoms with van der Waals surface area (Å²) in [6, 6.07) is 14.2. The molecule has 5 heteroatoms. The summed E-state index contributed by atoms with van der Waals surface area (Å²) >= 11 is 0. The summed E-state index contributed by atoms with van der Waals surface area (Å²) in [6.07, 6.45) is 0.147. The molecule has 2 aliphatic rings. The summed E-state index contributed by atoms with van der Waals surface area (Å²) < 4.78 is 16.5. The predicted octanol–water partition coefficient (Wildman–Crippen LogP) is 2.82. The fraction of sp³-hybridized carbons (Fsp3) is 0.294. The second-order valence-corrected chi connectivity index (χ2v) is 5.38. The largest absolute Gasteiger partial charge is 0.454 e. The molecule has 5 nitrogen and oxygen atoms in total. The quantitative estimate of drug-likeness (QED) is 0.912. The van der Waals surface area contributed by atoms with Crippen LogP contribution in [0.5, 0.6) is 11.5 Å². The summed E-state index contributed by atoms with van der Waals surface area (Å²) in [7, 11) is 0. The molecule has 0 spiro atoms. The molecule has 0 aromatic heterocycles. The number of fused-ring (bicyclic) bond motifs is 1. The summed E-state index contributed by atoms with van der Waals surface area (Å²) in [6.45, 7) is 2.86. The van der Waals surface area contributed by atoms with Crippen molar-refractivity contribution >= 4 is 11.4 Å². The fourth-order valence-electron chi connectivity index (χ4n) is 2.70. The van der Waals surface area contributed by atoms with E-state index in [1.54, 1.807) is 0 Å². The van der Waals surface area contributed by atoms with Gasteiger partial charge in [0.15, 0.2) is 11.5 Å². The van der Waals surface area contributed by atoms with Gasteiger partial charge in [-0.3, -0.25) is 0 Å². The van der Waals surface area contributed by atoms with Gasteiger partial charge in [0.1, 0.15) is 0 Å². The average molecular weight is 298 g/mol. The Morgan fingerprint density at radius 1 is 0.955 bits per heavy atom. The van der Waals surface area contributed by atoms with Gasteiger partial charge in [-0.1, -0.05) is 12.1 Å². The van der Waals surface area contributed by atoms with E-state index in [9.17, 15) is 0 Å². The molecule has 0 saturated carbocycles. The van der Waals surface area contributed by atoms with E-state index in [-0.39, 0.29) is 6.10 Å². The van der Waals surface area contributed by atoms with Crippen LogP contribution in [0.15, 0.2) is 42.5 Å². The Hall–Kier alpha value is -2.24. The van der Waals surface area contributed by atoms with E-state index in [1.807, 2.05) is 18.2 Å². The van der Waals surface area contributed by atoms with Crippen LogP contribution < -0.4 is 20.1 Å². The van der Waals surface area contributed by atoms with Crippen LogP contribution >= 0.6 is 0 Å². The molecule has 2 N–H and O–H groups in total. The maximum absolute atomic E-state index is 5.76. The molecule has 0 amide bonds. The van der Waals surface area contributed by atoms with Gasteiger partial charge in [0.2, 0.25) is 6.79 Å². The van der Waals surface area contributed by atoms with Gasteiger partial charge in [0, 0.05) is 30.5 Å². The molecule has 0 aliphatic carbocycles. The lowest BCUT2D eigenvalue weighted by Crippen LogP contribution is -2.33. The molecule has 2 heterocycles. The lowest BCUT2D eigenvalue weighted by molar-refractivity contribution is 0.0277. The third kappa shape index (κ3) is 2.73. The number of benzene rings is 2. The van der Waals surface area contributed by atoms with Crippen LogP contribution in [0.2, 0.25) is 0 Å². The Balaban J connectivity index is 1.46. The van der Waals surface area contributed by atoms with E-state index in [2.05, 4.69) is 34.9 Å². The molecule has 22 heavy (non-hydrogen) atoms. The smallest absolute Gasteiger partial charge is 0.231 e. The second-order valence-electron chi connectivity index (χ2n) is 5.38. The molecule has 0 bridgehead atoms. The highest BCUT2D eigenvalue weighted by Crippen LogP contribution is 2.35.